The fourth-order valence-electron chi connectivity index (χ4n) is 3.85. The Hall–Kier alpha value is -1.62. The fourth-order valence-corrected chi connectivity index (χ4v) is 3.85. The summed E-state index contributed by atoms with van der Waals surface area (Å²) >= 11 is 0. The maximum absolute atomic E-state index is 12.5. The smallest absolute Gasteiger partial charge is 0.334 e. The van der Waals surface area contributed by atoms with Gasteiger partial charge in [-0.15, -0.1) is 0 Å². The van der Waals surface area contributed by atoms with Crippen molar-refractivity contribution in [1.82, 2.24) is 0 Å². The molecule has 0 saturated carbocycles. The minimum Gasteiger partial charge on any atom is -0.458 e. The number of carbonyl (C=O) groups excluding carboxylic acids is 2. The van der Waals surface area contributed by atoms with Crippen molar-refractivity contribution < 1.29 is 24.2 Å². The minimum absolute atomic E-state index is 0.133. The van der Waals surface area contributed by atoms with E-state index in [-0.39, 0.29) is 36.4 Å². The first kappa shape index (κ1) is 19.7. The number of ether oxygens (including phenoxy) is 2. The molecule has 0 aromatic carbocycles. The second kappa shape index (κ2) is 8.17. The van der Waals surface area contributed by atoms with Crippen molar-refractivity contribution in [1.29, 1.82) is 0 Å². The third-order valence-electron chi connectivity index (χ3n) is 5.54. The first-order valence-electron chi connectivity index (χ1n) is 9.22. The van der Waals surface area contributed by atoms with Crippen molar-refractivity contribution in [3.63, 3.8) is 0 Å². The number of hydrogen-bond acceptors (Lipinski definition) is 5. The Morgan fingerprint density at radius 3 is 2.72 bits per heavy atom. The van der Waals surface area contributed by atoms with Crippen LogP contribution in [0.25, 0.3) is 0 Å². The summed E-state index contributed by atoms with van der Waals surface area (Å²) in [6.45, 7) is 11.9. The third kappa shape index (κ3) is 3.97. The van der Waals surface area contributed by atoms with Crippen molar-refractivity contribution in [2.45, 2.75) is 65.6 Å². The molecule has 1 aliphatic carbocycles. The molecule has 1 saturated heterocycles. The molecule has 140 valence electrons. The summed E-state index contributed by atoms with van der Waals surface area (Å²) in [5.41, 5.74) is 2.56. The summed E-state index contributed by atoms with van der Waals surface area (Å²) in [7, 11) is 0. The predicted molar refractivity (Wildman–Crippen MR) is 94.6 cm³/mol. The van der Waals surface area contributed by atoms with E-state index >= 15 is 0 Å². The van der Waals surface area contributed by atoms with E-state index < -0.39 is 12.1 Å². The van der Waals surface area contributed by atoms with E-state index in [0.29, 0.717) is 24.8 Å². The SMILES string of the molecule is C=C1C(=O)OC2CC(C)=C(C(C)CCCO)C(OC(=O)C(C)CC)C12. The molecule has 0 spiro atoms. The number of rotatable bonds is 7. The number of esters is 2. The zero-order valence-electron chi connectivity index (χ0n) is 15.7. The van der Waals surface area contributed by atoms with Gasteiger partial charge in [0.1, 0.15) is 12.2 Å². The van der Waals surface area contributed by atoms with Crippen molar-refractivity contribution >= 4 is 11.9 Å². The summed E-state index contributed by atoms with van der Waals surface area (Å²) in [6, 6.07) is 0. The molecule has 0 bridgehead atoms. The molecule has 1 N–H and O–H groups in total. The van der Waals surface area contributed by atoms with Crippen LogP contribution < -0.4 is 0 Å². The van der Waals surface area contributed by atoms with Crippen molar-refractivity contribution in [2.24, 2.45) is 17.8 Å². The van der Waals surface area contributed by atoms with Gasteiger partial charge in [0.25, 0.3) is 0 Å². The van der Waals surface area contributed by atoms with Gasteiger partial charge in [-0.05, 0) is 37.7 Å². The highest BCUT2D eigenvalue weighted by atomic mass is 16.6. The standard InChI is InChI=1S/C20H30O5/c1-6-11(2)19(22)25-18-16(12(3)8-7-9-21)13(4)10-15-17(18)14(5)20(23)24-15/h11-12,15,17-18,21H,5-10H2,1-4H3. The molecule has 5 nitrogen and oxygen atoms in total. The van der Waals surface area contributed by atoms with Crippen LogP contribution in [0.2, 0.25) is 0 Å². The predicted octanol–water partition coefficient (Wildman–Crippen LogP) is 3.17. The first-order valence-corrected chi connectivity index (χ1v) is 9.22. The summed E-state index contributed by atoms with van der Waals surface area (Å²) in [5, 5.41) is 9.14. The van der Waals surface area contributed by atoms with Crippen LogP contribution in [-0.2, 0) is 19.1 Å². The number of hydrogen-bond donors (Lipinski definition) is 1. The quantitative estimate of drug-likeness (QED) is 0.434. The van der Waals surface area contributed by atoms with Gasteiger partial charge in [0, 0.05) is 18.6 Å². The molecule has 5 heteroatoms. The average Bonchev–Trinajstić information content (AvgIpc) is 2.85. The number of carbonyl (C=O) groups is 2. The highest BCUT2D eigenvalue weighted by molar-refractivity contribution is 5.91. The maximum atomic E-state index is 12.5. The Morgan fingerprint density at radius 2 is 2.12 bits per heavy atom. The van der Waals surface area contributed by atoms with Gasteiger partial charge in [-0.3, -0.25) is 4.79 Å². The zero-order chi connectivity index (χ0) is 18.7. The van der Waals surface area contributed by atoms with E-state index in [9.17, 15) is 9.59 Å². The van der Waals surface area contributed by atoms with Gasteiger partial charge in [0.2, 0.25) is 0 Å². The summed E-state index contributed by atoms with van der Waals surface area (Å²) in [4.78, 5) is 24.5. The number of fused-ring (bicyclic) bond motifs is 1. The van der Waals surface area contributed by atoms with Crippen molar-refractivity contribution in [3.05, 3.63) is 23.3 Å². The molecule has 5 atom stereocenters. The fraction of sp³-hybridized carbons (Fsp3) is 0.700. The van der Waals surface area contributed by atoms with Crippen LogP contribution in [0, 0.1) is 17.8 Å². The number of aliphatic hydroxyl groups excluding tert-OH is 1. The van der Waals surface area contributed by atoms with E-state index in [1.165, 1.54) is 0 Å². The van der Waals surface area contributed by atoms with Gasteiger partial charge in [0.05, 0.1) is 11.8 Å². The van der Waals surface area contributed by atoms with Gasteiger partial charge in [0.15, 0.2) is 0 Å². The molecule has 5 unspecified atom stereocenters. The highest BCUT2D eigenvalue weighted by Gasteiger charge is 2.50. The molecule has 0 aromatic heterocycles. The van der Waals surface area contributed by atoms with Gasteiger partial charge >= 0.3 is 11.9 Å². The monoisotopic (exact) mass is 350 g/mol. The Kier molecular flexibility index (Phi) is 6.44. The topological polar surface area (TPSA) is 72.8 Å². The van der Waals surface area contributed by atoms with Crippen LogP contribution in [0.5, 0.6) is 0 Å². The lowest BCUT2D eigenvalue weighted by Gasteiger charge is -2.38. The molecule has 25 heavy (non-hydrogen) atoms. The second-order valence-corrected chi connectivity index (χ2v) is 7.37. The largest absolute Gasteiger partial charge is 0.458 e. The van der Waals surface area contributed by atoms with Crippen LogP contribution in [-0.4, -0.2) is 35.9 Å². The van der Waals surface area contributed by atoms with E-state index in [0.717, 1.165) is 17.6 Å². The van der Waals surface area contributed by atoms with E-state index in [1.807, 2.05) is 20.8 Å². The molecule has 1 heterocycles. The van der Waals surface area contributed by atoms with Crippen LogP contribution >= 0.6 is 0 Å². The first-order chi connectivity index (χ1) is 11.8. The lowest BCUT2D eigenvalue weighted by molar-refractivity contribution is -0.155. The Morgan fingerprint density at radius 1 is 1.44 bits per heavy atom. The number of aliphatic hydroxyl groups is 1. The van der Waals surface area contributed by atoms with Gasteiger partial charge < -0.3 is 14.6 Å². The average molecular weight is 350 g/mol. The molecule has 0 aromatic rings. The van der Waals surface area contributed by atoms with E-state index in [2.05, 4.69) is 13.5 Å². The van der Waals surface area contributed by atoms with Crippen molar-refractivity contribution in [3.8, 4) is 0 Å². The van der Waals surface area contributed by atoms with E-state index in [1.54, 1.807) is 0 Å². The van der Waals surface area contributed by atoms with Crippen LogP contribution in [0.15, 0.2) is 23.3 Å². The molecule has 0 radical (unpaired) electrons. The molecule has 0 amide bonds. The van der Waals surface area contributed by atoms with Gasteiger partial charge in [-0.2, -0.15) is 0 Å². The Bertz CT molecular complexity index is 577. The Labute approximate surface area is 150 Å². The second-order valence-electron chi connectivity index (χ2n) is 7.37. The van der Waals surface area contributed by atoms with Crippen LogP contribution in [0.1, 0.15) is 53.4 Å². The summed E-state index contributed by atoms with van der Waals surface area (Å²) in [6.07, 6.45) is 2.03. The van der Waals surface area contributed by atoms with Gasteiger partial charge in [-0.1, -0.05) is 32.9 Å². The Balaban J connectivity index is 2.35. The third-order valence-corrected chi connectivity index (χ3v) is 5.54. The lowest BCUT2D eigenvalue weighted by atomic mass is 9.73. The van der Waals surface area contributed by atoms with E-state index in [4.69, 9.17) is 14.6 Å². The van der Waals surface area contributed by atoms with Crippen molar-refractivity contribution in [2.75, 3.05) is 6.61 Å². The maximum Gasteiger partial charge on any atom is 0.334 e. The highest BCUT2D eigenvalue weighted by Crippen LogP contribution is 2.45. The zero-order valence-corrected chi connectivity index (χ0v) is 15.7. The molecule has 1 aliphatic heterocycles. The lowest BCUT2D eigenvalue weighted by Crippen LogP contribution is -2.41. The normalized spacial score (nSPS) is 28.4. The summed E-state index contributed by atoms with van der Waals surface area (Å²) in [5.74, 6) is -0.986. The molecular formula is C20H30O5. The van der Waals surface area contributed by atoms with Crippen LogP contribution in [0.3, 0.4) is 0 Å². The molecule has 2 aliphatic rings. The molecule has 1 fully saturated rings. The molecular weight excluding hydrogens is 320 g/mol. The molecule has 2 rings (SSSR count). The minimum atomic E-state index is -0.507. The summed E-state index contributed by atoms with van der Waals surface area (Å²) < 4.78 is 11.4. The van der Waals surface area contributed by atoms with Crippen LogP contribution in [0.4, 0.5) is 0 Å². The van der Waals surface area contributed by atoms with Gasteiger partial charge in [-0.25, -0.2) is 4.79 Å².